The molecule has 0 amide bonds. The lowest BCUT2D eigenvalue weighted by atomic mass is 9.90. The summed E-state index contributed by atoms with van der Waals surface area (Å²) in [4.78, 5) is 4.59. The van der Waals surface area contributed by atoms with Crippen molar-refractivity contribution in [2.24, 2.45) is 4.99 Å². The molecule has 0 aromatic heterocycles. The van der Waals surface area contributed by atoms with Gasteiger partial charge in [-0.2, -0.15) is 5.26 Å². The molecule has 2 heteroatoms. The highest BCUT2D eigenvalue weighted by molar-refractivity contribution is 6.02. The van der Waals surface area contributed by atoms with Gasteiger partial charge in [-0.1, -0.05) is 60.7 Å². The maximum atomic E-state index is 9.31. The van der Waals surface area contributed by atoms with Crippen molar-refractivity contribution in [2.75, 3.05) is 0 Å². The van der Waals surface area contributed by atoms with Crippen molar-refractivity contribution in [1.29, 1.82) is 5.26 Å². The molecule has 0 spiro atoms. The largest absolute Gasteiger partial charge is 0.270 e. The van der Waals surface area contributed by atoms with Crippen molar-refractivity contribution < 1.29 is 0 Å². The van der Waals surface area contributed by atoms with Crippen molar-refractivity contribution >= 4 is 5.71 Å². The summed E-state index contributed by atoms with van der Waals surface area (Å²) in [7, 11) is 0. The average molecular weight is 246 g/mol. The van der Waals surface area contributed by atoms with Crippen molar-refractivity contribution in [3.63, 3.8) is 0 Å². The normalized spacial score (nSPS) is 21.7. The lowest BCUT2D eigenvalue weighted by Gasteiger charge is -2.12. The Morgan fingerprint density at radius 1 is 0.947 bits per heavy atom. The zero-order chi connectivity index (χ0) is 13.1. The third-order valence-electron chi connectivity index (χ3n) is 3.56. The van der Waals surface area contributed by atoms with Gasteiger partial charge < -0.3 is 0 Å². The minimum absolute atomic E-state index is 0.182. The van der Waals surface area contributed by atoms with Gasteiger partial charge in [0.05, 0.1) is 6.07 Å². The van der Waals surface area contributed by atoms with E-state index in [2.05, 4.69) is 35.3 Å². The van der Waals surface area contributed by atoms with Crippen LogP contribution in [0.3, 0.4) is 0 Å². The predicted octanol–water partition coefficient (Wildman–Crippen LogP) is 3.56. The first kappa shape index (κ1) is 11.7. The quantitative estimate of drug-likeness (QED) is 0.798. The predicted molar refractivity (Wildman–Crippen MR) is 76.2 cm³/mol. The molecule has 92 valence electrons. The fourth-order valence-corrected chi connectivity index (χ4v) is 2.57. The molecule has 0 fully saturated rings. The Morgan fingerprint density at radius 2 is 1.58 bits per heavy atom. The van der Waals surface area contributed by atoms with E-state index in [1.165, 1.54) is 5.56 Å². The fourth-order valence-electron chi connectivity index (χ4n) is 2.57. The van der Waals surface area contributed by atoms with Gasteiger partial charge in [0, 0.05) is 11.6 Å². The van der Waals surface area contributed by atoms with E-state index in [0.717, 1.165) is 17.7 Å². The lowest BCUT2D eigenvalue weighted by molar-refractivity contribution is 0.687. The van der Waals surface area contributed by atoms with Gasteiger partial charge in [-0.05, 0) is 17.5 Å². The van der Waals surface area contributed by atoms with E-state index in [1.54, 1.807) is 0 Å². The number of nitrogens with zero attached hydrogens (tertiary/aromatic N) is 2. The van der Waals surface area contributed by atoms with Gasteiger partial charge in [0.15, 0.2) is 0 Å². The smallest absolute Gasteiger partial charge is 0.144 e. The maximum Gasteiger partial charge on any atom is 0.144 e. The highest BCUT2D eigenvalue weighted by Crippen LogP contribution is 2.33. The minimum Gasteiger partial charge on any atom is -0.270 e. The van der Waals surface area contributed by atoms with Crippen LogP contribution < -0.4 is 0 Å². The zero-order valence-electron chi connectivity index (χ0n) is 10.5. The van der Waals surface area contributed by atoms with Crippen molar-refractivity contribution in [3.8, 4) is 6.07 Å². The van der Waals surface area contributed by atoms with Gasteiger partial charge in [0.1, 0.15) is 6.04 Å². The molecular formula is C17H14N2. The standard InChI is InChI=1S/C17H14N2/c18-12-17-15(13-7-3-1-4-8-13)11-16(19-17)14-9-5-2-6-10-14/h1-10,15,17H,11H2/t15-,17?/m1/s1. The summed E-state index contributed by atoms with van der Waals surface area (Å²) < 4.78 is 0. The molecule has 0 saturated heterocycles. The molecule has 0 aliphatic carbocycles. The third-order valence-corrected chi connectivity index (χ3v) is 3.56. The summed E-state index contributed by atoms with van der Waals surface area (Å²) >= 11 is 0. The number of rotatable bonds is 2. The number of hydrogen-bond donors (Lipinski definition) is 0. The van der Waals surface area contributed by atoms with Crippen LogP contribution in [-0.4, -0.2) is 11.8 Å². The Kier molecular flexibility index (Phi) is 3.12. The van der Waals surface area contributed by atoms with Gasteiger partial charge >= 0.3 is 0 Å². The van der Waals surface area contributed by atoms with Crippen LogP contribution in [-0.2, 0) is 0 Å². The number of aliphatic imine (C=N–C) groups is 1. The molecule has 19 heavy (non-hydrogen) atoms. The van der Waals surface area contributed by atoms with Crippen LogP contribution in [0.2, 0.25) is 0 Å². The van der Waals surface area contributed by atoms with Crippen molar-refractivity contribution in [1.82, 2.24) is 0 Å². The van der Waals surface area contributed by atoms with E-state index in [1.807, 2.05) is 36.4 Å². The number of benzene rings is 2. The number of hydrogen-bond acceptors (Lipinski definition) is 2. The Balaban J connectivity index is 1.91. The first-order chi connectivity index (χ1) is 9.38. The van der Waals surface area contributed by atoms with Gasteiger partial charge in [0.2, 0.25) is 0 Å². The average Bonchev–Trinajstić information content (AvgIpc) is 2.93. The Morgan fingerprint density at radius 3 is 2.21 bits per heavy atom. The van der Waals surface area contributed by atoms with Gasteiger partial charge in [-0.25, -0.2) is 0 Å². The van der Waals surface area contributed by atoms with Gasteiger partial charge in [-0.15, -0.1) is 0 Å². The Labute approximate surface area is 113 Å². The molecule has 1 aliphatic heterocycles. The molecule has 1 unspecified atom stereocenters. The van der Waals surface area contributed by atoms with Crippen molar-refractivity contribution in [3.05, 3.63) is 71.8 Å². The molecule has 2 nitrogen and oxygen atoms in total. The molecule has 0 radical (unpaired) electrons. The van der Waals surface area contributed by atoms with Crippen LogP contribution in [0.4, 0.5) is 0 Å². The van der Waals surface area contributed by atoms with Crippen molar-refractivity contribution in [2.45, 2.75) is 18.4 Å². The first-order valence-electron chi connectivity index (χ1n) is 6.45. The molecule has 0 N–H and O–H groups in total. The van der Waals surface area contributed by atoms with E-state index in [4.69, 9.17) is 0 Å². The second-order valence-electron chi connectivity index (χ2n) is 4.74. The number of nitriles is 1. The Bertz CT molecular complexity index is 623. The highest BCUT2D eigenvalue weighted by Gasteiger charge is 2.30. The summed E-state index contributed by atoms with van der Waals surface area (Å²) in [6, 6.07) is 22.4. The summed E-state index contributed by atoms with van der Waals surface area (Å²) in [6.07, 6.45) is 0.840. The molecule has 3 rings (SSSR count). The SMILES string of the molecule is N#CC1N=C(c2ccccc2)C[C@@H]1c1ccccc1. The van der Waals surface area contributed by atoms with E-state index >= 15 is 0 Å². The van der Waals surface area contributed by atoms with E-state index in [-0.39, 0.29) is 12.0 Å². The summed E-state index contributed by atoms with van der Waals surface area (Å²) in [5.41, 5.74) is 3.37. The molecule has 1 heterocycles. The highest BCUT2D eigenvalue weighted by atomic mass is 14.8. The van der Waals surface area contributed by atoms with Gasteiger partial charge in [-0.3, -0.25) is 4.99 Å². The second-order valence-corrected chi connectivity index (χ2v) is 4.74. The second kappa shape index (κ2) is 5.07. The van der Waals surface area contributed by atoms with Crippen LogP contribution >= 0.6 is 0 Å². The summed E-state index contributed by atoms with van der Waals surface area (Å²) in [5, 5.41) is 9.31. The molecular weight excluding hydrogens is 232 g/mol. The molecule has 2 atom stereocenters. The topological polar surface area (TPSA) is 36.1 Å². The fraction of sp³-hybridized carbons (Fsp3) is 0.176. The van der Waals surface area contributed by atoms with Crippen LogP contribution in [0.15, 0.2) is 65.7 Å². The van der Waals surface area contributed by atoms with Gasteiger partial charge in [0.25, 0.3) is 0 Å². The van der Waals surface area contributed by atoms with E-state index in [0.29, 0.717) is 0 Å². The summed E-state index contributed by atoms with van der Waals surface area (Å²) in [6.45, 7) is 0. The van der Waals surface area contributed by atoms with Crippen LogP contribution in [0.5, 0.6) is 0 Å². The monoisotopic (exact) mass is 246 g/mol. The van der Waals surface area contributed by atoms with E-state index < -0.39 is 0 Å². The summed E-state index contributed by atoms with van der Waals surface area (Å²) in [5.74, 6) is 0.182. The molecule has 1 aliphatic rings. The Hall–Kier alpha value is -2.40. The van der Waals surface area contributed by atoms with Crippen LogP contribution in [0.1, 0.15) is 23.5 Å². The first-order valence-corrected chi connectivity index (χ1v) is 6.45. The zero-order valence-corrected chi connectivity index (χ0v) is 10.5. The molecule has 0 saturated carbocycles. The van der Waals surface area contributed by atoms with Crippen LogP contribution in [0, 0.1) is 11.3 Å². The maximum absolute atomic E-state index is 9.31. The minimum atomic E-state index is -0.266. The lowest BCUT2D eigenvalue weighted by Crippen LogP contribution is -2.09. The molecule has 2 aromatic carbocycles. The van der Waals surface area contributed by atoms with Crippen LogP contribution in [0.25, 0.3) is 0 Å². The molecule has 2 aromatic rings. The third kappa shape index (κ3) is 2.28. The molecule has 0 bridgehead atoms. The van der Waals surface area contributed by atoms with E-state index in [9.17, 15) is 5.26 Å².